The van der Waals surface area contributed by atoms with Gasteiger partial charge in [-0.05, 0) is 73.9 Å². The second-order valence-electron chi connectivity index (χ2n) is 6.48. The number of rotatable bonds is 6. The van der Waals surface area contributed by atoms with Gasteiger partial charge in [0.15, 0.2) is 0 Å². The Kier molecular flexibility index (Phi) is 5.39. The Morgan fingerprint density at radius 1 is 0.783 bits per heavy atom. The van der Waals surface area contributed by atoms with E-state index in [0.717, 1.165) is 36.8 Å². The highest BCUT2D eigenvalue weighted by molar-refractivity contribution is 5.17. The molecule has 1 saturated heterocycles. The summed E-state index contributed by atoms with van der Waals surface area (Å²) in [6, 6.07) is 14.8. The van der Waals surface area contributed by atoms with Crippen molar-refractivity contribution in [2.75, 3.05) is 0 Å². The second-order valence-corrected chi connectivity index (χ2v) is 6.48. The van der Waals surface area contributed by atoms with Crippen LogP contribution in [0.3, 0.4) is 0 Å². The van der Waals surface area contributed by atoms with Crippen LogP contribution < -0.4 is 5.32 Å². The maximum atomic E-state index is 13.2. The summed E-state index contributed by atoms with van der Waals surface area (Å²) in [5.74, 6) is -0.315. The molecule has 0 saturated carbocycles. The molecule has 0 amide bonds. The van der Waals surface area contributed by atoms with Crippen molar-refractivity contribution in [2.24, 2.45) is 0 Å². The predicted octanol–water partition coefficient (Wildman–Crippen LogP) is 4.65. The minimum Gasteiger partial charge on any atom is -0.311 e. The van der Waals surface area contributed by atoms with E-state index in [1.165, 1.54) is 25.0 Å². The molecule has 1 fully saturated rings. The molecule has 1 heterocycles. The zero-order valence-corrected chi connectivity index (χ0v) is 13.3. The minimum absolute atomic E-state index is 0.158. The van der Waals surface area contributed by atoms with Gasteiger partial charge < -0.3 is 5.32 Å². The third kappa shape index (κ3) is 4.87. The zero-order chi connectivity index (χ0) is 16.1. The largest absolute Gasteiger partial charge is 0.311 e. The smallest absolute Gasteiger partial charge is 0.123 e. The van der Waals surface area contributed by atoms with Gasteiger partial charge in [-0.2, -0.15) is 0 Å². The Bertz CT molecular complexity index is 586. The molecule has 1 nitrogen and oxygen atoms in total. The summed E-state index contributed by atoms with van der Waals surface area (Å²) in [7, 11) is 0. The van der Waals surface area contributed by atoms with E-state index in [2.05, 4.69) is 5.32 Å². The van der Waals surface area contributed by atoms with E-state index in [4.69, 9.17) is 0 Å². The minimum atomic E-state index is -0.158. The average molecular weight is 315 g/mol. The van der Waals surface area contributed by atoms with Crippen molar-refractivity contribution >= 4 is 0 Å². The summed E-state index contributed by atoms with van der Waals surface area (Å²) in [5.41, 5.74) is 2.13. The van der Waals surface area contributed by atoms with E-state index in [1.807, 2.05) is 12.1 Å². The third-order valence-corrected chi connectivity index (χ3v) is 4.68. The van der Waals surface area contributed by atoms with Crippen molar-refractivity contribution in [3.05, 3.63) is 71.3 Å². The molecule has 122 valence electrons. The fourth-order valence-corrected chi connectivity index (χ4v) is 3.42. The lowest BCUT2D eigenvalue weighted by atomic mass is 10.0. The SMILES string of the molecule is Fc1cccc(CC[C@@H]2CC[C@H](CCc3cccc(F)c3)N2)c1. The number of hydrogen-bond donors (Lipinski definition) is 1. The van der Waals surface area contributed by atoms with Crippen molar-refractivity contribution < 1.29 is 8.78 Å². The molecule has 2 atom stereocenters. The summed E-state index contributed by atoms with van der Waals surface area (Å²) in [4.78, 5) is 0. The lowest BCUT2D eigenvalue weighted by Gasteiger charge is -2.14. The van der Waals surface area contributed by atoms with Crippen LogP contribution in [-0.4, -0.2) is 12.1 Å². The molecule has 0 unspecified atom stereocenters. The quantitative estimate of drug-likeness (QED) is 0.818. The molecular formula is C20H23F2N. The highest BCUT2D eigenvalue weighted by Crippen LogP contribution is 2.21. The molecule has 23 heavy (non-hydrogen) atoms. The Balaban J connectivity index is 1.42. The molecule has 0 aliphatic carbocycles. The lowest BCUT2D eigenvalue weighted by Crippen LogP contribution is -2.30. The van der Waals surface area contributed by atoms with E-state index < -0.39 is 0 Å². The van der Waals surface area contributed by atoms with E-state index in [-0.39, 0.29) is 11.6 Å². The molecule has 0 spiro atoms. The van der Waals surface area contributed by atoms with Crippen LogP contribution in [0.15, 0.2) is 48.5 Å². The van der Waals surface area contributed by atoms with Gasteiger partial charge in [0, 0.05) is 12.1 Å². The maximum absolute atomic E-state index is 13.2. The van der Waals surface area contributed by atoms with Crippen LogP contribution in [0, 0.1) is 11.6 Å². The molecule has 1 N–H and O–H groups in total. The van der Waals surface area contributed by atoms with Gasteiger partial charge in [-0.25, -0.2) is 8.78 Å². The van der Waals surface area contributed by atoms with Crippen molar-refractivity contribution in [3.63, 3.8) is 0 Å². The van der Waals surface area contributed by atoms with E-state index >= 15 is 0 Å². The van der Waals surface area contributed by atoms with Crippen molar-refractivity contribution in [2.45, 2.75) is 50.6 Å². The van der Waals surface area contributed by atoms with Gasteiger partial charge in [-0.1, -0.05) is 24.3 Å². The monoisotopic (exact) mass is 315 g/mol. The number of nitrogens with one attached hydrogen (secondary N) is 1. The van der Waals surface area contributed by atoms with Gasteiger partial charge in [0.2, 0.25) is 0 Å². The molecule has 0 bridgehead atoms. The topological polar surface area (TPSA) is 12.0 Å². The molecule has 0 radical (unpaired) electrons. The van der Waals surface area contributed by atoms with Gasteiger partial charge >= 0.3 is 0 Å². The highest BCUT2D eigenvalue weighted by Gasteiger charge is 2.23. The first-order chi connectivity index (χ1) is 11.2. The third-order valence-electron chi connectivity index (χ3n) is 4.68. The molecule has 1 aliphatic rings. The Hall–Kier alpha value is -1.74. The molecular weight excluding hydrogens is 292 g/mol. The van der Waals surface area contributed by atoms with Crippen LogP contribution in [-0.2, 0) is 12.8 Å². The van der Waals surface area contributed by atoms with Gasteiger partial charge in [-0.15, -0.1) is 0 Å². The van der Waals surface area contributed by atoms with Gasteiger partial charge in [-0.3, -0.25) is 0 Å². The predicted molar refractivity (Wildman–Crippen MR) is 89.4 cm³/mol. The summed E-state index contributed by atoms with van der Waals surface area (Å²) in [5, 5.41) is 3.67. The lowest BCUT2D eigenvalue weighted by molar-refractivity contribution is 0.490. The van der Waals surface area contributed by atoms with Crippen LogP contribution in [0.5, 0.6) is 0 Å². The van der Waals surface area contributed by atoms with E-state index in [9.17, 15) is 8.78 Å². The first kappa shape index (κ1) is 16.1. The number of aryl methyl sites for hydroxylation is 2. The number of halogens is 2. The Morgan fingerprint density at radius 2 is 1.26 bits per heavy atom. The molecule has 2 aromatic rings. The molecule has 0 aromatic heterocycles. The fourth-order valence-electron chi connectivity index (χ4n) is 3.42. The first-order valence-electron chi connectivity index (χ1n) is 8.44. The van der Waals surface area contributed by atoms with Crippen molar-refractivity contribution in [3.8, 4) is 0 Å². The van der Waals surface area contributed by atoms with Gasteiger partial charge in [0.05, 0.1) is 0 Å². The van der Waals surface area contributed by atoms with Crippen LogP contribution >= 0.6 is 0 Å². The van der Waals surface area contributed by atoms with Gasteiger partial charge in [0.1, 0.15) is 11.6 Å². The van der Waals surface area contributed by atoms with Crippen LogP contribution in [0.25, 0.3) is 0 Å². The van der Waals surface area contributed by atoms with Crippen LogP contribution in [0.4, 0.5) is 8.78 Å². The number of hydrogen-bond acceptors (Lipinski definition) is 1. The fraction of sp³-hybridized carbons (Fsp3) is 0.400. The number of benzene rings is 2. The highest BCUT2D eigenvalue weighted by atomic mass is 19.1. The standard InChI is InChI=1S/C20H23F2N/c21-17-5-1-3-15(13-17)7-9-19-11-12-20(23-19)10-8-16-4-2-6-18(22)14-16/h1-6,13-14,19-20,23H,7-12H2/t19-,20+. The molecule has 3 rings (SSSR count). The molecule has 3 heteroatoms. The average Bonchev–Trinajstić information content (AvgIpc) is 2.99. The van der Waals surface area contributed by atoms with E-state index in [1.54, 1.807) is 24.3 Å². The summed E-state index contributed by atoms with van der Waals surface area (Å²) in [6.07, 6.45) is 6.24. The van der Waals surface area contributed by atoms with Crippen molar-refractivity contribution in [1.29, 1.82) is 0 Å². The second kappa shape index (κ2) is 7.69. The summed E-state index contributed by atoms with van der Waals surface area (Å²) >= 11 is 0. The molecule has 2 aromatic carbocycles. The van der Waals surface area contributed by atoms with Crippen LogP contribution in [0.2, 0.25) is 0 Å². The zero-order valence-electron chi connectivity index (χ0n) is 13.3. The van der Waals surface area contributed by atoms with E-state index in [0.29, 0.717) is 12.1 Å². The van der Waals surface area contributed by atoms with Crippen molar-refractivity contribution in [1.82, 2.24) is 5.32 Å². The van der Waals surface area contributed by atoms with Gasteiger partial charge in [0.25, 0.3) is 0 Å². The normalized spacial score (nSPS) is 20.8. The Labute approximate surface area is 136 Å². The first-order valence-corrected chi connectivity index (χ1v) is 8.44. The Morgan fingerprint density at radius 3 is 1.70 bits per heavy atom. The maximum Gasteiger partial charge on any atom is 0.123 e. The molecule has 1 aliphatic heterocycles. The summed E-state index contributed by atoms with van der Waals surface area (Å²) in [6.45, 7) is 0. The van der Waals surface area contributed by atoms with Crippen LogP contribution in [0.1, 0.15) is 36.8 Å². The summed E-state index contributed by atoms with van der Waals surface area (Å²) < 4.78 is 26.4.